The summed E-state index contributed by atoms with van der Waals surface area (Å²) in [6, 6.07) is 0. The quantitative estimate of drug-likeness (QED) is 0.736. The van der Waals surface area contributed by atoms with Crippen LogP contribution < -0.4 is 0 Å². The Kier molecular flexibility index (Phi) is 1.88. The monoisotopic (exact) mass is 202 g/mol. The lowest BCUT2D eigenvalue weighted by Gasteiger charge is -2.14. The largest absolute Gasteiger partial charge is 0.159 e. The standard InChI is InChI=1S/C13H18N2/c1-13(2)6-11-10(5-9-3-4-9)8-14-15-12(11)7-13/h8-9H,3-7H2,1-2H3. The van der Waals surface area contributed by atoms with Crippen LogP contribution in [0.4, 0.5) is 0 Å². The maximum absolute atomic E-state index is 4.29. The molecule has 0 aliphatic heterocycles. The number of fused-ring (bicyclic) bond motifs is 1. The summed E-state index contributed by atoms with van der Waals surface area (Å²) in [5.41, 5.74) is 4.66. The van der Waals surface area contributed by atoms with E-state index in [1.807, 2.05) is 6.20 Å². The van der Waals surface area contributed by atoms with Crippen molar-refractivity contribution in [2.45, 2.75) is 46.0 Å². The van der Waals surface area contributed by atoms with E-state index in [0.29, 0.717) is 5.41 Å². The first-order valence-corrected chi connectivity index (χ1v) is 5.96. The summed E-state index contributed by atoms with van der Waals surface area (Å²) in [7, 11) is 0. The normalized spacial score (nSPS) is 22.8. The van der Waals surface area contributed by atoms with Crippen molar-refractivity contribution in [3.05, 3.63) is 23.0 Å². The smallest absolute Gasteiger partial charge is 0.0671 e. The summed E-state index contributed by atoms with van der Waals surface area (Å²) >= 11 is 0. The minimum atomic E-state index is 0.399. The maximum Gasteiger partial charge on any atom is 0.0671 e. The van der Waals surface area contributed by atoms with Crippen molar-refractivity contribution in [1.29, 1.82) is 0 Å². The second-order valence-electron chi connectivity index (χ2n) is 5.96. The van der Waals surface area contributed by atoms with E-state index in [4.69, 9.17) is 0 Å². The van der Waals surface area contributed by atoms with Crippen LogP contribution in [0.15, 0.2) is 6.20 Å². The van der Waals surface area contributed by atoms with Gasteiger partial charge in [-0.25, -0.2) is 0 Å². The van der Waals surface area contributed by atoms with E-state index >= 15 is 0 Å². The third-order valence-electron chi connectivity index (χ3n) is 3.63. The zero-order valence-electron chi connectivity index (χ0n) is 9.58. The number of hydrogen-bond acceptors (Lipinski definition) is 2. The molecule has 2 aliphatic rings. The number of rotatable bonds is 2. The fraction of sp³-hybridized carbons (Fsp3) is 0.692. The fourth-order valence-electron chi connectivity index (χ4n) is 2.65. The Hall–Kier alpha value is -0.920. The summed E-state index contributed by atoms with van der Waals surface area (Å²) in [5, 5.41) is 8.45. The minimum Gasteiger partial charge on any atom is -0.159 e. The van der Waals surface area contributed by atoms with E-state index in [9.17, 15) is 0 Å². The molecule has 1 heterocycles. The lowest BCUT2D eigenvalue weighted by molar-refractivity contribution is 0.389. The summed E-state index contributed by atoms with van der Waals surface area (Å²) in [6.07, 6.45) is 8.38. The first-order valence-electron chi connectivity index (χ1n) is 5.96. The highest BCUT2D eigenvalue weighted by atomic mass is 15.1. The molecule has 3 rings (SSSR count). The molecule has 0 N–H and O–H groups in total. The molecule has 2 aliphatic carbocycles. The summed E-state index contributed by atoms with van der Waals surface area (Å²) < 4.78 is 0. The van der Waals surface area contributed by atoms with Crippen LogP contribution in [-0.2, 0) is 19.3 Å². The van der Waals surface area contributed by atoms with Crippen molar-refractivity contribution in [2.75, 3.05) is 0 Å². The zero-order chi connectivity index (χ0) is 10.5. The van der Waals surface area contributed by atoms with Crippen molar-refractivity contribution >= 4 is 0 Å². The molecule has 1 aromatic heterocycles. The Morgan fingerprint density at radius 2 is 2.13 bits per heavy atom. The molecule has 80 valence electrons. The van der Waals surface area contributed by atoms with Gasteiger partial charge in [0.05, 0.1) is 11.9 Å². The number of nitrogens with zero attached hydrogens (tertiary/aromatic N) is 2. The van der Waals surface area contributed by atoms with Gasteiger partial charge in [-0.15, -0.1) is 0 Å². The summed E-state index contributed by atoms with van der Waals surface area (Å²) in [5.74, 6) is 0.946. The van der Waals surface area contributed by atoms with Crippen LogP contribution in [0.1, 0.15) is 43.5 Å². The molecule has 1 aromatic rings. The Balaban J connectivity index is 1.93. The molecule has 1 fully saturated rings. The Morgan fingerprint density at radius 3 is 2.87 bits per heavy atom. The molecule has 2 heteroatoms. The molecular weight excluding hydrogens is 184 g/mol. The Morgan fingerprint density at radius 1 is 1.33 bits per heavy atom. The highest BCUT2D eigenvalue weighted by molar-refractivity contribution is 5.34. The Labute approximate surface area is 91.1 Å². The first-order chi connectivity index (χ1) is 7.14. The molecule has 0 amide bonds. The first kappa shape index (κ1) is 9.32. The van der Waals surface area contributed by atoms with Crippen molar-refractivity contribution in [3.63, 3.8) is 0 Å². The van der Waals surface area contributed by atoms with E-state index < -0.39 is 0 Å². The molecule has 1 saturated carbocycles. The molecule has 0 unspecified atom stereocenters. The molecule has 0 atom stereocenters. The van der Waals surface area contributed by atoms with Crippen molar-refractivity contribution in [1.82, 2.24) is 10.2 Å². The van der Waals surface area contributed by atoms with Crippen molar-refractivity contribution in [2.24, 2.45) is 11.3 Å². The number of aromatic nitrogens is 2. The van der Waals surface area contributed by atoms with Gasteiger partial charge in [0.25, 0.3) is 0 Å². The lowest BCUT2D eigenvalue weighted by Crippen LogP contribution is -2.10. The average Bonchev–Trinajstić information content (AvgIpc) is 2.88. The van der Waals surface area contributed by atoms with Crippen LogP contribution in [0.5, 0.6) is 0 Å². The highest BCUT2D eigenvalue weighted by Crippen LogP contribution is 2.39. The Bertz CT molecular complexity index is 392. The molecule has 0 bridgehead atoms. The van der Waals surface area contributed by atoms with Gasteiger partial charge in [-0.1, -0.05) is 13.8 Å². The summed E-state index contributed by atoms with van der Waals surface area (Å²) in [4.78, 5) is 0. The third-order valence-corrected chi connectivity index (χ3v) is 3.63. The van der Waals surface area contributed by atoms with E-state index in [1.165, 1.54) is 42.5 Å². The van der Waals surface area contributed by atoms with Crippen molar-refractivity contribution in [3.8, 4) is 0 Å². The molecule has 0 radical (unpaired) electrons. The van der Waals surface area contributed by atoms with Gasteiger partial charge in [-0.05, 0) is 54.6 Å². The van der Waals surface area contributed by atoms with Gasteiger partial charge in [-0.2, -0.15) is 10.2 Å². The second-order valence-corrected chi connectivity index (χ2v) is 5.96. The topological polar surface area (TPSA) is 25.8 Å². The predicted octanol–water partition coefficient (Wildman–Crippen LogP) is 2.55. The maximum atomic E-state index is 4.29. The van der Waals surface area contributed by atoms with Gasteiger partial charge in [0.15, 0.2) is 0 Å². The molecule has 2 nitrogen and oxygen atoms in total. The van der Waals surface area contributed by atoms with E-state index in [1.54, 1.807) is 0 Å². The van der Waals surface area contributed by atoms with Gasteiger partial charge in [0.2, 0.25) is 0 Å². The summed E-state index contributed by atoms with van der Waals surface area (Å²) in [6.45, 7) is 4.66. The molecule has 0 aromatic carbocycles. The lowest BCUT2D eigenvalue weighted by atomic mass is 9.90. The molecule has 0 saturated heterocycles. The number of hydrogen-bond donors (Lipinski definition) is 0. The van der Waals surface area contributed by atoms with Crippen LogP contribution in [0.3, 0.4) is 0 Å². The van der Waals surface area contributed by atoms with Crippen LogP contribution >= 0.6 is 0 Å². The van der Waals surface area contributed by atoms with E-state index in [-0.39, 0.29) is 0 Å². The predicted molar refractivity (Wildman–Crippen MR) is 59.6 cm³/mol. The van der Waals surface area contributed by atoms with Gasteiger partial charge in [0.1, 0.15) is 0 Å². The molecular formula is C13H18N2. The molecule has 15 heavy (non-hydrogen) atoms. The van der Waals surface area contributed by atoms with Gasteiger partial charge >= 0.3 is 0 Å². The van der Waals surface area contributed by atoms with Crippen LogP contribution in [0.25, 0.3) is 0 Å². The minimum absolute atomic E-state index is 0.399. The average molecular weight is 202 g/mol. The van der Waals surface area contributed by atoms with Crippen LogP contribution in [-0.4, -0.2) is 10.2 Å². The van der Waals surface area contributed by atoms with Crippen LogP contribution in [0, 0.1) is 11.3 Å². The fourth-order valence-corrected chi connectivity index (χ4v) is 2.65. The van der Waals surface area contributed by atoms with E-state index in [2.05, 4.69) is 24.0 Å². The van der Waals surface area contributed by atoms with Crippen molar-refractivity contribution < 1.29 is 0 Å². The van der Waals surface area contributed by atoms with Crippen LogP contribution in [0.2, 0.25) is 0 Å². The molecule has 0 spiro atoms. The zero-order valence-corrected chi connectivity index (χ0v) is 9.58. The third kappa shape index (κ3) is 1.77. The SMILES string of the molecule is CC1(C)Cc2nncc(CC3CC3)c2C1. The van der Waals surface area contributed by atoms with Gasteiger partial charge in [-0.3, -0.25) is 0 Å². The second kappa shape index (κ2) is 3.03. The highest BCUT2D eigenvalue weighted by Gasteiger charge is 2.33. The van der Waals surface area contributed by atoms with Gasteiger partial charge < -0.3 is 0 Å². The van der Waals surface area contributed by atoms with Gasteiger partial charge in [0, 0.05) is 0 Å². The van der Waals surface area contributed by atoms with E-state index in [0.717, 1.165) is 12.3 Å².